The lowest BCUT2D eigenvalue weighted by Gasteiger charge is -2.37. The van der Waals surface area contributed by atoms with Crippen molar-refractivity contribution < 1.29 is 5.11 Å². The van der Waals surface area contributed by atoms with Gasteiger partial charge in [0.05, 0.1) is 5.60 Å². The number of rotatable bonds is 2. The molecular weight excluding hydrogens is 258 g/mol. The molecule has 0 bridgehead atoms. The predicted octanol–water partition coefficient (Wildman–Crippen LogP) is 3.95. The Labute approximate surface area is 130 Å². The molecule has 1 saturated heterocycles. The number of β-amino-alcohol motifs (C(OH)–C–C–N with tert-alkyl or cyclic N) is 1. The van der Waals surface area contributed by atoms with Crippen LogP contribution in [0.25, 0.3) is 0 Å². The van der Waals surface area contributed by atoms with E-state index in [9.17, 15) is 5.11 Å². The summed E-state index contributed by atoms with van der Waals surface area (Å²) in [6, 6.07) is 4.68. The van der Waals surface area contributed by atoms with Crippen LogP contribution in [0.1, 0.15) is 62.8 Å². The maximum Gasteiger partial charge on any atom is 0.0746 e. The second-order valence-corrected chi connectivity index (χ2v) is 8.15. The summed E-state index contributed by atoms with van der Waals surface area (Å²) in [5, 5.41) is 10.3. The lowest BCUT2D eigenvalue weighted by atomic mass is 9.83. The molecule has 0 saturated carbocycles. The Hall–Kier alpha value is -0.860. The van der Waals surface area contributed by atoms with Crippen molar-refractivity contribution >= 4 is 0 Å². The number of nitrogens with zero attached hydrogens (tertiary/aromatic N) is 1. The predicted molar refractivity (Wildman–Crippen MR) is 89.8 cm³/mol. The second-order valence-electron chi connectivity index (χ2n) is 8.15. The van der Waals surface area contributed by atoms with Crippen LogP contribution in [0.2, 0.25) is 0 Å². The zero-order valence-electron chi connectivity index (χ0n) is 14.6. The number of piperidine rings is 1. The van der Waals surface area contributed by atoms with E-state index in [0.29, 0.717) is 0 Å². The first-order valence-electron chi connectivity index (χ1n) is 8.14. The number of aryl methyl sites for hydroxylation is 2. The first-order valence-corrected chi connectivity index (χ1v) is 8.14. The van der Waals surface area contributed by atoms with E-state index in [1.165, 1.54) is 22.3 Å². The van der Waals surface area contributed by atoms with E-state index in [4.69, 9.17) is 0 Å². The van der Waals surface area contributed by atoms with E-state index in [1.807, 2.05) is 6.92 Å². The van der Waals surface area contributed by atoms with Crippen LogP contribution in [0.15, 0.2) is 12.1 Å². The molecule has 0 spiro atoms. The van der Waals surface area contributed by atoms with Gasteiger partial charge < -0.3 is 5.11 Å². The highest BCUT2D eigenvalue weighted by molar-refractivity contribution is 5.40. The van der Waals surface area contributed by atoms with Crippen molar-refractivity contribution in [3.63, 3.8) is 0 Å². The van der Waals surface area contributed by atoms with Crippen molar-refractivity contribution in [2.24, 2.45) is 0 Å². The molecule has 2 rings (SSSR count). The van der Waals surface area contributed by atoms with Gasteiger partial charge in [-0.15, -0.1) is 0 Å². The highest BCUT2D eigenvalue weighted by atomic mass is 16.3. The minimum absolute atomic E-state index is 0.197. The molecule has 2 nitrogen and oxygen atoms in total. The molecule has 118 valence electrons. The van der Waals surface area contributed by atoms with E-state index in [1.54, 1.807) is 0 Å². The molecule has 21 heavy (non-hydrogen) atoms. The monoisotopic (exact) mass is 289 g/mol. The van der Waals surface area contributed by atoms with Crippen molar-refractivity contribution in [1.82, 2.24) is 4.90 Å². The summed E-state index contributed by atoms with van der Waals surface area (Å²) in [4.78, 5) is 2.40. The highest BCUT2D eigenvalue weighted by Crippen LogP contribution is 2.29. The molecule has 1 aliphatic rings. The van der Waals surface area contributed by atoms with E-state index >= 15 is 0 Å². The van der Waals surface area contributed by atoms with Gasteiger partial charge in [-0.05, 0) is 67.8 Å². The van der Waals surface area contributed by atoms with Crippen molar-refractivity contribution in [2.45, 2.75) is 71.9 Å². The van der Waals surface area contributed by atoms with E-state index in [-0.39, 0.29) is 5.41 Å². The molecule has 1 aliphatic heterocycles. The molecule has 1 aromatic carbocycles. The van der Waals surface area contributed by atoms with E-state index in [0.717, 1.165) is 32.5 Å². The largest absolute Gasteiger partial charge is 0.389 e. The van der Waals surface area contributed by atoms with Crippen LogP contribution in [-0.2, 0) is 12.0 Å². The van der Waals surface area contributed by atoms with E-state index in [2.05, 4.69) is 51.7 Å². The number of aliphatic hydroxyl groups is 1. The van der Waals surface area contributed by atoms with Crippen LogP contribution in [0.3, 0.4) is 0 Å². The quantitative estimate of drug-likeness (QED) is 0.891. The molecule has 2 heteroatoms. The van der Waals surface area contributed by atoms with Gasteiger partial charge in [-0.25, -0.2) is 0 Å². The summed E-state index contributed by atoms with van der Waals surface area (Å²) in [7, 11) is 0. The molecule has 0 aliphatic carbocycles. The summed E-state index contributed by atoms with van der Waals surface area (Å²) >= 11 is 0. The topological polar surface area (TPSA) is 23.5 Å². The fraction of sp³-hybridized carbons (Fsp3) is 0.684. The Morgan fingerprint density at radius 3 is 2.24 bits per heavy atom. The molecule has 0 radical (unpaired) electrons. The number of hydrogen-bond donors (Lipinski definition) is 1. The molecular formula is C19H31NO. The number of hydrogen-bond acceptors (Lipinski definition) is 2. The summed E-state index contributed by atoms with van der Waals surface area (Å²) in [5.41, 5.74) is 5.27. The van der Waals surface area contributed by atoms with Crippen molar-refractivity contribution in [3.8, 4) is 0 Å². The molecule has 1 unspecified atom stereocenters. The average Bonchev–Trinajstić information content (AvgIpc) is 2.31. The Kier molecular flexibility index (Phi) is 4.51. The summed E-state index contributed by atoms with van der Waals surface area (Å²) in [6.07, 6.45) is 2.01. The van der Waals surface area contributed by atoms with E-state index < -0.39 is 5.60 Å². The lowest BCUT2D eigenvalue weighted by molar-refractivity contribution is -0.0182. The Balaban J connectivity index is 2.21. The van der Waals surface area contributed by atoms with Crippen molar-refractivity contribution in [1.29, 1.82) is 0 Å². The van der Waals surface area contributed by atoms with Gasteiger partial charge in [0.1, 0.15) is 0 Å². The lowest BCUT2D eigenvalue weighted by Crippen LogP contribution is -2.45. The average molecular weight is 289 g/mol. The second kappa shape index (κ2) is 5.73. The third kappa shape index (κ3) is 4.08. The first kappa shape index (κ1) is 16.5. The minimum Gasteiger partial charge on any atom is -0.389 e. The zero-order chi connectivity index (χ0) is 15.8. The van der Waals surface area contributed by atoms with Crippen LogP contribution in [0, 0.1) is 13.8 Å². The molecule has 1 atom stereocenters. The Morgan fingerprint density at radius 2 is 1.76 bits per heavy atom. The Bertz CT molecular complexity index is 488. The van der Waals surface area contributed by atoms with Gasteiger partial charge in [0.2, 0.25) is 0 Å². The SMILES string of the molecule is Cc1cc(C(C)(C)C)cc(C)c1CN1CCCC(C)(O)C1. The zero-order valence-corrected chi connectivity index (χ0v) is 14.6. The molecule has 0 amide bonds. The Morgan fingerprint density at radius 1 is 1.19 bits per heavy atom. The van der Waals surface area contributed by atoms with Crippen LogP contribution in [0.5, 0.6) is 0 Å². The highest BCUT2D eigenvalue weighted by Gasteiger charge is 2.28. The summed E-state index contributed by atoms with van der Waals surface area (Å²) in [6.45, 7) is 16.0. The van der Waals surface area contributed by atoms with Crippen molar-refractivity contribution in [3.05, 3.63) is 34.4 Å². The first-order chi connectivity index (χ1) is 9.58. The smallest absolute Gasteiger partial charge is 0.0746 e. The number of likely N-dealkylation sites (tertiary alicyclic amines) is 1. The molecule has 1 heterocycles. The van der Waals surface area contributed by atoms with Gasteiger partial charge in [0.25, 0.3) is 0 Å². The van der Waals surface area contributed by atoms with Gasteiger partial charge in [0.15, 0.2) is 0 Å². The fourth-order valence-electron chi connectivity index (χ4n) is 3.36. The maximum absolute atomic E-state index is 10.3. The van der Waals surface area contributed by atoms with Crippen LogP contribution in [-0.4, -0.2) is 28.7 Å². The summed E-state index contributed by atoms with van der Waals surface area (Å²) in [5.74, 6) is 0. The van der Waals surface area contributed by atoms with Gasteiger partial charge in [0, 0.05) is 13.1 Å². The van der Waals surface area contributed by atoms with Crippen molar-refractivity contribution in [2.75, 3.05) is 13.1 Å². The molecule has 1 aromatic rings. The van der Waals surface area contributed by atoms with Gasteiger partial charge >= 0.3 is 0 Å². The van der Waals surface area contributed by atoms with Crippen LogP contribution in [0.4, 0.5) is 0 Å². The van der Waals surface area contributed by atoms with Gasteiger partial charge in [-0.3, -0.25) is 4.90 Å². The minimum atomic E-state index is -0.522. The standard InChI is InChI=1S/C19H31NO/c1-14-10-16(18(3,4)5)11-15(2)17(14)12-20-9-7-8-19(6,21)13-20/h10-11,21H,7-9,12-13H2,1-6H3. The maximum atomic E-state index is 10.3. The fourth-order valence-corrected chi connectivity index (χ4v) is 3.36. The van der Waals surface area contributed by atoms with Gasteiger partial charge in [-0.1, -0.05) is 32.9 Å². The third-order valence-electron chi connectivity index (χ3n) is 4.70. The number of benzene rings is 1. The normalized spacial score (nSPS) is 24.3. The summed E-state index contributed by atoms with van der Waals surface area (Å²) < 4.78 is 0. The van der Waals surface area contributed by atoms with Gasteiger partial charge in [-0.2, -0.15) is 0 Å². The molecule has 0 aromatic heterocycles. The molecule has 1 fully saturated rings. The third-order valence-corrected chi connectivity index (χ3v) is 4.70. The van der Waals surface area contributed by atoms with Crippen LogP contribution < -0.4 is 0 Å². The van der Waals surface area contributed by atoms with Crippen LogP contribution >= 0.6 is 0 Å². The molecule has 1 N–H and O–H groups in total.